The van der Waals surface area contributed by atoms with Crippen LogP contribution in [0.1, 0.15) is 15.2 Å². The molecule has 0 fully saturated rings. The molecule has 0 unspecified atom stereocenters. The topological polar surface area (TPSA) is 80.2 Å². The highest BCUT2D eigenvalue weighted by atomic mass is 32.1. The molecule has 0 spiro atoms. The van der Waals surface area contributed by atoms with Crippen molar-refractivity contribution in [2.45, 2.75) is 13.1 Å². The Morgan fingerprint density at radius 3 is 2.78 bits per heavy atom. The van der Waals surface area contributed by atoms with Crippen LogP contribution < -0.4 is 16.2 Å². The molecule has 23 heavy (non-hydrogen) atoms. The van der Waals surface area contributed by atoms with E-state index >= 15 is 0 Å². The molecule has 2 aromatic rings. The maximum Gasteiger partial charge on any atom is 0.253 e. The number of hydrogen-bond donors (Lipinski definition) is 2. The third kappa shape index (κ3) is 4.83. The first kappa shape index (κ1) is 16.5. The minimum absolute atomic E-state index is 0.0965. The number of rotatable bonds is 6. The molecule has 0 aliphatic heterocycles. The second-order valence-corrected chi connectivity index (χ2v) is 5.66. The minimum Gasteiger partial charge on any atom is -0.350 e. The van der Waals surface area contributed by atoms with E-state index in [-0.39, 0.29) is 30.1 Å². The summed E-state index contributed by atoms with van der Waals surface area (Å²) < 4.78 is 1.19. The summed E-state index contributed by atoms with van der Waals surface area (Å²) >= 11 is 1.54. The SMILES string of the molecule is C#CCNC(=O)c1ccc(=O)n(CC(=O)NCc2cccs2)c1. The molecule has 2 aromatic heterocycles. The van der Waals surface area contributed by atoms with Crippen molar-refractivity contribution in [3.05, 3.63) is 56.6 Å². The molecule has 0 saturated heterocycles. The molecule has 0 aromatic carbocycles. The predicted molar refractivity (Wildman–Crippen MR) is 88.0 cm³/mol. The van der Waals surface area contributed by atoms with Crippen molar-refractivity contribution in [1.29, 1.82) is 0 Å². The standard InChI is InChI=1S/C16H15N3O3S/c1-2-7-17-16(22)12-5-6-15(21)19(10-12)11-14(20)18-9-13-4-3-8-23-13/h1,3-6,8,10H,7,9,11H2,(H,17,22)(H,18,20). The molecular formula is C16H15N3O3S. The van der Waals surface area contributed by atoms with E-state index in [4.69, 9.17) is 6.42 Å². The van der Waals surface area contributed by atoms with E-state index in [0.717, 1.165) is 4.88 Å². The van der Waals surface area contributed by atoms with E-state index in [9.17, 15) is 14.4 Å². The maximum absolute atomic E-state index is 11.9. The second kappa shape index (κ2) is 7.96. The first-order chi connectivity index (χ1) is 11.1. The van der Waals surface area contributed by atoms with Crippen LogP contribution in [0, 0.1) is 12.3 Å². The van der Waals surface area contributed by atoms with E-state index in [1.54, 1.807) is 0 Å². The number of aromatic nitrogens is 1. The zero-order valence-electron chi connectivity index (χ0n) is 12.2. The molecule has 0 aliphatic rings. The minimum atomic E-state index is -0.393. The number of hydrogen-bond acceptors (Lipinski definition) is 4. The first-order valence-corrected chi connectivity index (χ1v) is 7.69. The van der Waals surface area contributed by atoms with E-state index < -0.39 is 5.91 Å². The number of nitrogens with zero attached hydrogens (tertiary/aromatic N) is 1. The van der Waals surface area contributed by atoms with Crippen molar-refractivity contribution in [3.63, 3.8) is 0 Å². The van der Waals surface area contributed by atoms with Gasteiger partial charge in [-0.25, -0.2) is 0 Å². The number of terminal acetylenes is 1. The van der Waals surface area contributed by atoms with E-state index in [1.165, 1.54) is 34.2 Å². The van der Waals surface area contributed by atoms with Crippen LogP contribution in [0.5, 0.6) is 0 Å². The smallest absolute Gasteiger partial charge is 0.253 e. The van der Waals surface area contributed by atoms with Gasteiger partial charge in [0.1, 0.15) is 6.54 Å². The number of carbonyl (C=O) groups is 2. The Hall–Kier alpha value is -2.85. The molecular weight excluding hydrogens is 314 g/mol. The highest BCUT2D eigenvalue weighted by Crippen LogP contribution is 2.07. The zero-order chi connectivity index (χ0) is 16.7. The van der Waals surface area contributed by atoms with Gasteiger partial charge >= 0.3 is 0 Å². The zero-order valence-corrected chi connectivity index (χ0v) is 13.1. The predicted octanol–water partition coefficient (Wildman–Crippen LogP) is 0.589. The van der Waals surface area contributed by atoms with Gasteiger partial charge in [0.25, 0.3) is 11.5 Å². The third-order valence-electron chi connectivity index (χ3n) is 2.95. The van der Waals surface area contributed by atoms with Crippen molar-refractivity contribution in [3.8, 4) is 12.3 Å². The quantitative estimate of drug-likeness (QED) is 0.761. The summed E-state index contributed by atoms with van der Waals surface area (Å²) in [7, 11) is 0. The molecule has 0 saturated carbocycles. The van der Waals surface area contributed by atoms with E-state index in [1.807, 2.05) is 17.5 Å². The molecule has 2 heterocycles. The van der Waals surface area contributed by atoms with Crippen LogP contribution in [0.4, 0.5) is 0 Å². The number of carbonyl (C=O) groups excluding carboxylic acids is 2. The molecule has 6 nitrogen and oxygen atoms in total. The van der Waals surface area contributed by atoms with Gasteiger partial charge in [0.05, 0.1) is 18.7 Å². The molecule has 0 radical (unpaired) electrons. The summed E-state index contributed by atoms with van der Waals surface area (Å²) in [6.07, 6.45) is 6.42. The van der Waals surface area contributed by atoms with Gasteiger partial charge in [-0.2, -0.15) is 0 Å². The van der Waals surface area contributed by atoms with Crippen LogP contribution in [0.2, 0.25) is 0 Å². The van der Waals surface area contributed by atoms with Gasteiger partial charge in [-0.05, 0) is 17.5 Å². The largest absolute Gasteiger partial charge is 0.350 e. The Morgan fingerprint density at radius 1 is 1.26 bits per heavy atom. The van der Waals surface area contributed by atoms with Gasteiger partial charge in [0, 0.05) is 17.1 Å². The average molecular weight is 329 g/mol. The summed E-state index contributed by atoms with van der Waals surface area (Å²) in [5, 5.41) is 7.15. The molecule has 2 N–H and O–H groups in total. The van der Waals surface area contributed by atoms with E-state index in [0.29, 0.717) is 6.54 Å². The van der Waals surface area contributed by atoms with Gasteiger partial charge in [-0.15, -0.1) is 17.8 Å². The fourth-order valence-corrected chi connectivity index (χ4v) is 2.48. The monoisotopic (exact) mass is 329 g/mol. The highest BCUT2D eigenvalue weighted by molar-refractivity contribution is 7.09. The van der Waals surface area contributed by atoms with Gasteiger partial charge in [-0.1, -0.05) is 12.0 Å². The lowest BCUT2D eigenvalue weighted by atomic mass is 10.2. The van der Waals surface area contributed by atoms with Crippen LogP contribution in [0.25, 0.3) is 0 Å². The maximum atomic E-state index is 11.9. The second-order valence-electron chi connectivity index (χ2n) is 4.63. The molecule has 2 amide bonds. The Labute approximate surface area is 137 Å². The molecule has 0 atom stereocenters. The fourth-order valence-electron chi connectivity index (χ4n) is 1.83. The van der Waals surface area contributed by atoms with Crippen LogP contribution in [-0.2, 0) is 17.9 Å². The Balaban J connectivity index is 2.01. The van der Waals surface area contributed by atoms with Crippen molar-refractivity contribution >= 4 is 23.2 Å². The number of thiophene rings is 1. The molecule has 0 bridgehead atoms. The third-order valence-corrected chi connectivity index (χ3v) is 3.83. The van der Waals surface area contributed by atoms with E-state index in [2.05, 4.69) is 16.6 Å². The summed E-state index contributed by atoms with van der Waals surface area (Å²) in [5.74, 6) is 1.60. The Morgan fingerprint density at radius 2 is 2.09 bits per heavy atom. The molecule has 2 rings (SSSR count). The van der Waals surface area contributed by atoms with Crippen molar-refractivity contribution in [1.82, 2.24) is 15.2 Å². The fraction of sp³-hybridized carbons (Fsp3) is 0.188. The molecule has 118 valence electrons. The van der Waals surface area contributed by atoms with Crippen LogP contribution in [0.3, 0.4) is 0 Å². The van der Waals surface area contributed by atoms with Crippen LogP contribution in [0.15, 0.2) is 40.6 Å². The van der Waals surface area contributed by atoms with Crippen molar-refractivity contribution < 1.29 is 9.59 Å². The number of amides is 2. The summed E-state index contributed by atoms with van der Waals surface area (Å²) in [6, 6.07) is 6.45. The lowest BCUT2D eigenvalue weighted by Crippen LogP contribution is -2.32. The van der Waals surface area contributed by atoms with Crippen molar-refractivity contribution in [2.24, 2.45) is 0 Å². The number of nitrogens with one attached hydrogen (secondary N) is 2. The summed E-state index contributed by atoms with van der Waals surface area (Å²) in [5.41, 5.74) is -0.0873. The Kier molecular flexibility index (Phi) is 5.72. The van der Waals surface area contributed by atoms with Gasteiger partial charge in [0.2, 0.25) is 5.91 Å². The lowest BCUT2D eigenvalue weighted by molar-refractivity contribution is -0.121. The highest BCUT2D eigenvalue weighted by Gasteiger charge is 2.09. The Bertz CT molecular complexity index is 788. The van der Waals surface area contributed by atoms with Gasteiger partial charge in [-0.3, -0.25) is 14.4 Å². The van der Waals surface area contributed by atoms with Gasteiger partial charge in [0.15, 0.2) is 0 Å². The number of pyridine rings is 1. The normalized spacial score (nSPS) is 9.87. The summed E-state index contributed by atoms with van der Waals surface area (Å²) in [4.78, 5) is 36.6. The first-order valence-electron chi connectivity index (χ1n) is 6.81. The molecule has 0 aliphatic carbocycles. The average Bonchev–Trinajstić information content (AvgIpc) is 3.06. The van der Waals surface area contributed by atoms with Gasteiger partial charge < -0.3 is 15.2 Å². The molecule has 7 heteroatoms. The lowest BCUT2D eigenvalue weighted by Gasteiger charge is -2.08. The van der Waals surface area contributed by atoms with Crippen molar-refractivity contribution in [2.75, 3.05) is 6.54 Å². The van der Waals surface area contributed by atoms with Crippen LogP contribution in [-0.4, -0.2) is 22.9 Å². The summed E-state index contributed by atoms with van der Waals surface area (Å²) in [6.45, 7) is 0.354. The van der Waals surface area contributed by atoms with Crippen LogP contribution >= 0.6 is 11.3 Å².